The molecule has 4 heteroatoms. The summed E-state index contributed by atoms with van der Waals surface area (Å²) in [6.07, 6.45) is 4.00. The van der Waals surface area contributed by atoms with Crippen molar-refractivity contribution in [3.63, 3.8) is 0 Å². The lowest BCUT2D eigenvalue weighted by molar-refractivity contribution is -0.671. The minimum atomic E-state index is 0. The van der Waals surface area contributed by atoms with E-state index in [2.05, 4.69) is 0 Å². The Hall–Kier alpha value is 1.34. The lowest BCUT2D eigenvalue weighted by atomic mass is 10.5. The maximum Gasteiger partial charge on any atom is 0.168 e. The highest BCUT2D eigenvalue weighted by atomic mass is 127. The third-order valence-corrected chi connectivity index (χ3v) is 0.865. The number of nitrogens with zero attached hydrogens (tertiary/aromatic N) is 1. The van der Waals surface area contributed by atoms with Gasteiger partial charge in [-0.2, -0.15) is 0 Å². The fourth-order valence-corrected chi connectivity index (χ4v) is 0.485. The topological polar surface area (TPSA) is 3.88 Å². The molecule has 0 saturated carbocycles. The molecule has 1 heterocycles. The molecule has 0 atom stereocenters. The van der Waals surface area contributed by atoms with Crippen LogP contribution in [0.15, 0.2) is 30.6 Å². The van der Waals surface area contributed by atoms with Gasteiger partial charge in [0.05, 0.1) is 0 Å². The first-order valence-electron chi connectivity index (χ1n) is 2.30. The van der Waals surface area contributed by atoms with Crippen LogP contribution in [0.25, 0.3) is 0 Å². The summed E-state index contributed by atoms with van der Waals surface area (Å²) < 4.78 is 2.00. The molecule has 0 saturated heterocycles. The molecule has 0 spiro atoms. The van der Waals surface area contributed by atoms with Gasteiger partial charge in [0.15, 0.2) is 12.4 Å². The number of aryl methyl sites for hydroxylation is 1. The first-order valence-corrected chi connectivity index (χ1v) is 2.30. The SMILES string of the molecule is C[n+]1ccccc1.I.I.I. The van der Waals surface area contributed by atoms with Crippen molar-refractivity contribution < 1.29 is 4.57 Å². The maximum absolute atomic E-state index is 2.00. The van der Waals surface area contributed by atoms with Crippen molar-refractivity contribution in [3.05, 3.63) is 30.6 Å². The molecule has 0 radical (unpaired) electrons. The van der Waals surface area contributed by atoms with Gasteiger partial charge >= 0.3 is 0 Å². The van der Waals surface area contributed by atoms with Gasteiger partial charge in [-0.25, -0.2) is 4.57 Å². The summed E-state index contributed by atoms with van der Waals surface area (Å²) in [6.45, 7) is 0. The largest absolute Gasteiger partial charge is 0.208 e. The van der Waals surface area contributed by atoms with Gasteiger partial charge in [-0.05, 0) is 0 Å². The zero-order valence-corrected chi connectivity index (χ0v) is 12.5. The molecule has 0 aliphatic heterocycles. The van der Waals surface area contributed by atoms with E-state index in [-0.39, 0.29) is 71.9 Å². The highest BCUT2D eigenvalue weighted by Crippen LogP contribution is 1.71. The molecule has 60 valence electrons. The summed E-state index contributed by atoms with van der Waals surface area (Å²) in [4.78, 5) is 0. The van der Waals surface area contributed by atoms with Crippen LogP contribution in [0.2, 0.25) is 0 Å². The van der Waals surface area contributed by atoms with Crippen molar-refractivity contribution in [2.45, 2.75) is 0 Å². The summed E-state index contributed by atoms with van der Waals surface area (Å²) >= 11 is 0. The number of hydrogen-bond donors (Lipinski definition) is 0. The number of halogens is 3. The van der Waals surface area contributed by atoms with Crippen molar-refractivity contribution in [1.29, 1.82) is 0 Å². The standard InChI is InChI=1S/C6H8N.3HI/c1-7-5-3-2-4-6-7;;;/h2-6H,1H3;3*1H/q+1;;;. The Morgan fingerprint density at radius 2 is 1.20 bits per heavy atom. The summed E-state index contributed by atoms with van der Waals surface area (Å²) in [5, 5.41) is 0. The van der Waals surface area contributed by atoms with E-state index in [1.165, 1.54) is 0 Å². The maximum atomic E-state index is 2.00. The molecule has 0 bridgehead atoms. The van der Waals surface area contributed by atoms with Gasteiger partial charge in [0.25, 0.3) is 0 Å². The van der Waals surface area contributed by atoms with Gasteiger partial charge in [-0.15, -0.1) is 71.9 Å². The predicted octanol–water partition coefficient (Wildman–Crippen LogP) is 2.37. The minimum absolute atomic E-state index is 0. The van der Waals surface area contributed by atoms with Crippen molar-refractivity contribution in [3.8, 4) is 0 Å². The average molecular weight is 478 g/mol. The zero-order chi connectivity index (χ0) is 5.11. The van der Waals surface area contributed by atoms with E-state index in [4.69, 9.17) is 0 Å². The van der Waals surface area contributed by atoms with Crippen molar-refractivity contribution >= 4 is 71.9 Å². The lowest BCUT2D eigenvalue weighted by Gasteiger charge is -1.77. The summed E-state index contributed by atoms with van der Waals surface area (Å²) in [5.41, 5.74) is 0. The van der Waals surface area contributed by atoms with E-state index in [1.807, 2.05) is 42.2 Å². The van der Waals surface area contributed by atoms with Crippen molar-refractivity contribution in [1.82, 2.24) is 0 Å². The summed E-state index contributed by atoms with van der Waals surface area (Å²) in [6, 6.07) is 6.00. The second-order valence-electron chi connectivity index (χ2n) is 1.54. The summed E-state index contributed by atoms with van der Waals surface area (Å²) in [7, 11) is 2.00. The predicted molar refractivity (Wildman–Crippen MR) is 73.9 cm³/mol. The van der Waals surface area contributed by atoms with E-state index in [0.29, 0.717) is 0 Å². The second kappa shape index (κ2) is 10.3. The fourth-order valence-electron chi connectivity index (χ4n) is 0.485. The van der Waals surface area contributed by atoms with Gasteiger partial charge in [-0.3, -0.25) is 0 Å². The zero-order valence-electron chi connectivity index (χ0n) is 5.56. The van der Waals surface area contributed by atoms with Gasteiger partial charge in [0, 0.05) is 12.1 Å². The van der Waals surface area contributed by atoms with Gasteiger partial charge < -0.3 is 0 Å². The third-order valence-electron chi connectivity index (χ3n) is 0.865. The van der Waals surface area contributed by atoms with Crippen LogP contribution in [0.4, 0.5) is 0 Å². The molecule has 1 aromatic heterocycles. The molecule has 0 unspecified atom stereocenters. The number of aromatic nitrogens is 1. The number of hydrogen-bond acceptors (Lipinski definition) is 0. The highest BCUT2D eigenvalue weighted by molar-refractivity contribution is 14.0. The van der Waals surface area contributed by atoms with Gasteiger partial charge in [0.2, 0.25) is 0 Å². The molecule has 1 rings (SSSR count). The third kappa shape index (κ3) is 7.45. The van der Waals surface area contributed by atoms with Crippen molar-refractivity contribution in [2.75, 3.05) is 0 Å². The molecule has 0 aromatic carbocycles. The van der Waals surface area contributed by atoms with Crippen LogP contribution in [0, 0.1) is 0 Å². The first kappa shape index (κ1) is 17.4. The molecule has 0 aliphatic carbocycles. The Balaban J connectivity index is -0.000000163. The molecule has 0 amide bonds. The van der Waals surface area contributed by atoms with E-state index in [1.54, 1.807) is 0 Å². The molecule has 0 N–H and O–H groups in total. The average Bonchev–Trinajstić information content (AvgIpc) is 1.69. The molecular formula is C6H11I3N+. The molecule has 10 heavy (non-hydrogen) atoms. The molecule has 0 aliphatic rings. The number of rotatable bonds is 0. The molecule has 0 fully saturated rings. The monoisotopic (exact) mass is 478 g/mol. The van der Waals surface area contributed by atoms with Crippen LogP contribution in [-0.2, 0) is 7.05 Å². The van der Waals surface area contributed by atoms with Crippen LogP contribution in [0.5, 0.6) is 0 Å². The quantitative estimate of drug-likeness (QED) is 0.399. The first-order chi connectivity index (χ1) is 3.39. The van der Waals surface area contributed by atoms with E-state index < -0.39 is 0 Å². The Kier molecular flexibility index (Phi) is 18.0. The fraction of sp³-hybridized carbons (Fsp3) is 0.167. The minimum Gasteiger partial charge on any atom is -0.208 e. The van der Waals surface area contributed by atoms with Gasteiger partial charge in [0.1, 0.15) is 7.05 Å². The Labute approximate surface area is 113 Å². The van der Waals surface area contributed by atoms with Crippen LogP contribution in [0.1, 0.15) is 0 Å². The smallest absolute Gasteiger partial charge is 0.168 e. The van der Waals surface area contributed by atoms with Crippen LogP contribution in [0.3, 0.4) is 0 Å². The highest BCUT2D eigenvalue weighted by Gasteiger charge is 1.78. The lowest BCUT2D eigenvalue weighted by Crippen LogP contribution is -2.25. The molecular weight excluding hydrogens is 467 g/mol. The van der Waals surface area contributed by atoms with Crippen LogP contribution >= 0.6 is 71.9 Å². The van der Waals surface area contributed by atoms with E-state index in [9.17, 15) is 0 Å². The van der Waals surface area contributed by atoms with Gasteiger partial charge in [-0.1, -0.05) is 6.07 Å². The van der Waals surface area contributed by atoms with Crippen LogP contribution in [-0.4, -0.2) is 0 Å². The normalized spacial score (nSPS) is 6.10. The van der Waals surface area contributed by atoms with Crippen molar-refractivity contribution in [2.24, 2.45) is 7.05 Å². The number of pyridine rings is 1. The Morgan fingerprint density at radius 3 is 1.40 bits per heavy atom. The Morgan fingerprint density at radius 1 is 0.800 bits per heavy atom. The molecule has 1 nitrogen and oxygen atoms in total. The second-order valence-corrected chi connectivity index (χ2v) is 1.54. The Bertz CT molecular complexity index is 143. The van der Waals surface area contributed by atoms with E-state index in [0.717, 1.165) is 0 Å². The van der Waals surface area contributed by atoms with E-state index >= 15 is 0 Å². The summed E-state index contributed by atoms with van der Waals surface area (Å²) in [5.74, 6) is 0. The van der Waals surface area contributed by atoms with Crippen LogP contribution < -0.4 is 4.57 Å². The molecule has 1 aromatic rings.